The van der Waals surface area contributed by atoms with E-state index in [2.05, 4.69) is 211 Å². The lowest BCUT2D eigenvalue weighted by Crippen LogP contribution is -2.16. The van der Waals surface area contributed by atoms with Crippen molar-refractivity contribution in [1.82, 2.24) is 4.57 Å². The van der Waals surface area contributed by atoms with Crippen LogP contribution in [0.4, 0.5) is 17.1 Å². The third-order valence-electron chi connectivity index (χ3n) is 12.5. The van der Waals surface area contributed by atoms with Gasteiger partial charge >= 0.3 is 0 Å². The number of furan rings is 1. The van der Waals surface area contributed by atoms with Crippen LogP contribution in [-0.4, -0.2) is 4.57 Å². The van der Waals surface area contributed by atoms with E-state index in [1.165, 1.54) is 60.4 Å². The van der Waals surface area contributed by atoms with Gasteiger partial charge in [0.05, 0.1) is 16.7 Å². The lowest BCUT2D eigenvalue weighted by atomic mass is 9.82. The second-order valence-electron chi connectivity index (χ2n) is 16.1. The molecule has 58 heavy (non-hydrogen) atoms. The van der Waals surface area contributed by atoms with E-state index in [1.807, 2.05) is 6.07 Å². The Morgan fingerprint density at radius 1 is 0.466 bits per heavy atom. The average molecular weight is 743 g/mol. The Balaban J connectivity index is 1.20. The number of hydrogen-bond donors (Lipinski definition) is 0. The van der Waals surface area contributed by atoms with Crippen LogP contribution in [0.1, 0.15) is 25.0 Å². The first-order chi connectivity index (χ1) is 28.5. The largest absolute Gasteiger partial charge is 0.456 e. The number of aromatic nitrogens is 1. The predicted octanol–water partition coefficient (Wildman–Crippen LogP) is 15.3. The van der Waals surface area contributed by atoms with E-state index in [-0.39, 0.29) is 5.41 Å². The summed E-state index contributed by atoms with van der Waals surface area (Å²) in [5, 5.41) is 7.01. The minimum atomic E-state index is -0.140. The Hall–Kier alpha value is -7.36. The number of fused-ring (bicyclic) bond motifs is 11. The molecule has 274 valence electrons. The van der Waals surface area contributed by atoms with Gasteiger partial charge in [0.15, 0.2) is 0 Å². The number of rotatable bonds is 5. The highest BCUT2D eigenvalue weighted by Gasteiger charge is 2.36. The molecule has 0 saturated heterocycles. The molecule has 12 rings (SSSR count). The van der Waals surface area contributed by atoms with Gasteiger partial charge in [0.2, 0.25) is 0 Å². The molecule has 1 aliphatic carbocycles. The van der Waals surface area contributed by atoms with E-state index in [0.29, 0.717) is 0 Å². The smallest absolute Gasteiger partial charge is 0.137 e. The topological polar surface area (TPSA) is 21.3 Å². The zero-order chi connectivity index (χ0) is 38.5. The monoisotopic (exact) mass is 742 g/mol. The Labute approximate surface area is 336 Å². The first-order valence-corrected chi connectivity index (χ1v) is 20.1. The minimum absolute atomic E-state index is 0.140. The highest BCUT2D eigenvalue weighted by molar-refractivity contribution is 6.25. The molecule has 3 nitrogen and oxygen atoms in total. The van der Waals surface area contributed by atoms with Crippen LogP contribution in [0.3, 0.4) is 0 Å². The van der Waals surface area contributed by atoms with E-state index in [1.54, 1.807) is 0 Å². The summed E-state index contributed by atoms with van der Waals surface area (Å²) >= 11 is 0. The number of anilines is 3. The van der Waals surface area contributed by atoms with Gasteiger partial charge < -0.3 is 13.9 Å². The number of para-hydroxylation sites is 2. The number of benzene rings is 9. The molecule has 0 radical (unpaired) electrons. The Morgan fingerprint density at radius 2 is 1.17 bits per heavy atom. The van der Waals surface area contributed by atoms with E-state index in [0.717, 1.165) is 50.2 Å². The zero-order valence-corrected chi connectivity index (χ0v) is 32.3. The van der Waals surface area contributed by atoms with Crippen molar-refractivity contribution in [3.63, 3.8) is 0 Å². The maximum Gasteiger partial charge on any atom is 0.137 e. The molecule has 1 aliphatic rings. The summed E-state index contributed by atoms with van der Waals surface area (Å²) in [5.74, 6) is 0. The summed E-state index contributed by atoms with van der Waals surface area (Å²) in [6, 6.07) is 70.8. The van der Waals surface area contributed by atoms with Crippen molar-refractivity contribution >= 4 is 71.6 Å². The highest BCUT2D eigenvalue weighted by atomic mass is 16.3. The zero-order valence-electron chi connectivity index (χ0n) is 32.3. The Bertz CT molecular complexity index is 3430. The van der Waals surface area contributed by atoms with Gasteiger partial charge in [-0.05, 0) is 99.4 Å². The fraction of sp³-hybridized carbons (Fsp3) is 0.0545. The van der Waals surface area contributed by atoms with Gasteiger partial charge in [0.1, 0.15) is 11.2 Å². The van der Waals surface area contributed by atoms with Gasteiger partial charge in [-0.25, -0.2) is 0 Å². The standard InChI is InChI=1S/C55H38N2O/c1-55(2)47-23-13-11-21-42(47)43-28-26-39(33-48(43)55)56(38-18-7-4-8-19-38)50-32-37-17-9-10-20-41(37)54-53(50)46-31-36(35-15-5-3-6-16-35)25-30-49(46)57(54)40-27-29-45-44-22-12-14-24-51(44)58-52(45)34-40/h3-34H,1-2H3. The minimum Gasteiger partial charge on any atom is -0.456 e. The van der Waals surface area contributed by atoms with Gasteiger partial charge in [-0.3, -0.25) is 0 Å². The average Bonchev–Trinajstić information content (AvgIpc) is 3.90. The van der Waals surface area contributed by atoms with Gasteiger partial charge in [0.25, 0.3) is 0 Å². The molecule has 9 aromatic carbocycles. The van der Waals surface area contributed by atoms with Gasteiger partial charge in [-0.2, -0.15) is 0 Å². The first kappa shape index (κ1) is 32.8. The molecule has 0 spiro atoms. The molecule has 0 amide bonds. The second-order valence-corrected chi connectivity index (χ2v) is 16.1. The molecule has 0 bridgehead atoms. The molecule has 3 heteroatoms. The SMILES string of the molecule is CC1(C)c2ccccc2-c2ccc(N(c3ccccc3)c3cc4ccccc4c4c3c3cc(-c5ccccc5)ccc3n4-c3ccc4c(c3)oc3ccccc34)cc21. The molecular weight excluding hydrogens is 705 g/mol. The van der Waals surface area contributed by atoms with E-state index in [9.17, 15) is 0 Å². The number of hydrogen-bond acceptors (Lipinski definition) is 2. The van der Waals surface area contributed by atoms with Crippen LogP contribution in [0.5, 0.6) is 0 Å². The maximum absolute atomic E-state index is 6.51. The van der Waals surface area contributed by atoms with Gasteiger partial charge in [0, 0.05) is 55.5 Å². The summed E-state index contributed by atoms with van der Waals surface area (Å²) < 4.78 is 8.97. The van der Waals surface area contributed by atoms with Crippen molar-refractivity contribution in [2.75, 3.05) is 4.90 Å². The van der Waals surface area contributed by atoms with Crippen molar-refractivity contribution < 1.29 is 4.42 Å². The van der Waals surface area contributed by atoms with Crippen molar-refractivity contribution in [1.29, 1.82) is 0 Å². The third-order valence-corrected chi connectivity index (χ3v) is 12.5. The van der Waals surface area contributed by atoms with Crippen molar-refractivity contribution in [3.8, 4) is 27.9 Å². The molecule has 0 N–H and O–H groups in total. The number of nitrogens with zero attached hydrogens (tertiary/aromatic N) is 2. The molecule has 0 aliphatic heterocycles. The second kappa shape index (κ2) is 12.3. The summed E-state index contributed by atoms with van der Waals surface area (Å²) in [4.78, 5) is 2.48. The Kier molecular flexibility index (Phi) is 6.98. The van der Waals surface area contributed by atoms with E-state index < -0.39 is 0 Å². The lowest BCUT2D eigenvalue weighted by Gasteiger charge is -2.29. The molecule has 2 heterocycles. The molecular formula is C55H38N2O. The summed E-state index contributed by atoms with van der Waals surface area (Å²) in [7, 11) is 0. The molecule has 0 fully saturated rings. The molecule has 0 saturated carbocycles. The van der Waals surface area contributed by atoms with E-state index in [4.69, 9.17) is 4.42 Å². The summed E-state index contributed by atoms with van der Waals surface area (Å²) in [6.07, 6.45) is 0. The quantitative estimate of drug-likeness (QED) is 0.175. The Morgan fingerprint density at radius 3 is 2.03 bits per heavy atom. The summed E-state index contributed by atoms with van der Waals surface area (Å²) in [6.45, 7) is 4.72. The van der Waals surface area contributed by atoms with Crippen molar-refractivity contribution in [2.45, 2.75) is 19.3 Å². The van der Waals surface area contributed by atoms with Crippen LogP contribution >= 0.6 is 0 Å². The fourth-order valence-corrected chi connectivity index (χ4v) is 9.81. The van der Waals surface area contributed by atoms with Crippen LogP contribution in [0.15, 0.2) is 199 Å². The maximum atomic E-state index is 6.51. The third kappa shape index (κ3) is 4.74. The van der Waals surface area contributed by atoms with Crippen LogP contribution in [-0.2, 0) is 5.41 Å². The lowest BCUT2D eigenvalue weighted by molar-refractivity contribution is 0.660. The van der Waals surface area contributed by atoms with E-state index >= 15 is 0 Å². The van der Waals surface area contributed by atoms with Crippen molar-refractivity contribution in [3.05, 3.63) is 205 Å². The van der Waals surface area contributed by atoms with Crippen LogP contribution in [0.25, 0.3) is 82.5 Å². The van der Waals surface area contributed by atoms with Gasteiger partial charge in [-0.15, -0.1) is 0 Å². The van der Waals surface area contributed by atoms with Crippen molar-refractivity contribution in [2.24, 2.45) is 0 Å². The van der Waals surface area contributed by atoms with Crippen LogP contribution < -0.4 is 4.90 Å². The molecule has 0 unspecified atom stereocenters. The molecule has 0 atom stereocenters. The first-order valence-electron chi connectivity index (χ1n) is 20.1. The highest BCUT2D eigenvalue weighted by Crippen LogP contribution is 2.52. The van der Waals surface area contributed by atoms with Crippen LogP contribution in [0.2, 0.25) is 0 Å². The summed E-state index contributed by atoms with van der Waals surface area (Å²) in [5.41, 5.74) is 16.1. The molecule has 2 aromatic heterocycles. The van der Waals surface area contributed by atoms with Gasteiger partial charge in [-0.1, -0.05) is 141 Å². The van der Waals surface area contributed by atoms with Crippen LogP contribution in [0, 0.1) is 0 Å². The normalized spacial score (nSPS) is 13.1. The predicted molar refractivity (Wildman–Crippen MR) is 243 cm³/mol. The molecule has 11 aromatic rings. The fourth-order valence-electron chi connectivity index (χ4n) is 9.81.